The zero-order chi connectivity index (χ0) is 28.5. The Kier molecular flexibility index (Phi) is 9.70. The number of ketones is 1. The van der Waals surface area contributed by atoms with Gasteiger partial charge in [-0.2, -0.15) is 0 Å². The third kappa shape index (κ3) is 7.15. The number of allylic oxidation sites excluding steroid dienone is 1. The molecular formula is C32H27BrFNO5. The van der Waals surface area contributed by atoms with Gasteiger partial charge in [0.25, 0.3) is 0 Å². The van der Waals surface area contributed by atoms with Crippen LogP contribution in [0, 0.1) is 5.82 Å². The van der Waals surface area contributed by atoms with E-state index in [1.165, 1.54) is 30.3 Å². The first-order valence-electron chi connectivity index (χ1n) is 12.4. The predicted molar refractivity (Wildman–Crippen MR) is 155 cm³/mol. The summed E-state index contributed by atoms with van der Waals surface area (Å²) in [5.41, 5.74) is 3.17. The lowest BCUT2D eigenvalue weighted by atomic mass is 10.0. The lowest BCUT2D eigenvalue weighted by Crippen LogP contribution is -2.27. The number of carbonyl (C=O) groups excluding carboxylic acids is 2. The molecule has 0 radical (unpaired) electrons. The summed E-state index contributed by atoms with van der Waals surface area (Å²) in [5, 5.41) is 0. The van der Waals surface area contributed by atoms with Crippen molar-refractivity contribution in [2.75, 3.05) is 18.6 Å². The molecule has 0 aliphatic carbocycles. The van der Waals surface area contributed by atoms with Gasteiger partial charge in [-0.3, -0.25) is 9.69 Å². The van der Waals surface area contributed by atoms with E-state index in [2.05, 4.69) is 22.5 Å². The van der Waals surface area contributed by atoms with E-state index in [4.69, 9.17) is 14.2 Å². The largest absolute Gasteiger partial charge is 0.497 e. The number of ether oxygens (including phenoxy) is 3. The average molecular weight is 604 g/mol. The molecule has 1 atom stereocenters. The number of amides is 1. The highest BCUT2D eigenvalue weighted by Gasteiger charge is 2.37. The summed E-state index contributed by atoms with van der Waals surface area (Å²) in [6, 6.07) is 28.2. The molecular weight excluding hydrogens is 577 g/mol. The van der Waals surface area contributed by atoms with Crippen LogP contribution in [0.5, 0.6) is 11.5 Å². The van der Waals surface area contributed by atoms with Gasteiger partial charge in [0, 0.05) is 21.3 Å². The van der Waals surface area contributed by atoms with Crippen molar-refractivity contribution in [3.8, 4) is 11.5 Å². The number of nitrogens with zero attached hydrogens (tertiary/aromatic N) is 1. The van der Waals surface area contributed by atoms with Gasteiger partial charge in [-0.25, -0.2) is 9.18 Å². The van der Waals surface area contributed by atoms with Gasteiger partial charge in [0.2, 0.25) is 0 Å². The fourth-order valence-electron chi connectivity index (χ4n) is 4.05. The van der Waals surface area contributed by atoms with E-state index in [9.17, 15) is 14.0 Å². The Bertz CT molecular complexity index is 1460. The van der Waals surface area contributed by atoms with Crippen LogP contribution in [0.15, 0.2) is 114 Å². The molecule has 0 spiro atoms. The Balaban J connectivity index is 0.000000283. The molecule has 5 rings (SSSR count). The number of halogens is 2. The van der Waals surface area contributed by atoms with Gasteiger partial charge in [-0.15, -0.1) is 0 Å². The first-order valence-corrected chi connectivity index (χ1v) is 13.2. The Morgan fingerprint density at radius 1 is 1.05 bits per heavy atom. The third-order valence-corrected chi connectivity index (χ3v) is 6.60. The smallest absolute Gasteiger partial charge is 0.415 e. The van der Waals surface area contributed by atoms with Crippen LogP contribution in [0.1, 0.15) is 27.5 Å². The van der Waals surface area contributed by atoms with Crippen LogP contribution in [-0.4, -0.2) is 25.6 Å². The van der Waals surface area contributed by atoms with E-state index in [0.717, 1.165) is 27.0 Å². The Labute approximate surface area is 240 Å². The molecule has 1 saturated heterocycles. The molecule has 40 heavy (non-hydrogen) atoms. The Morgan fingerprint density at radius 3 is 2.40 bits per heavy atom. The molecule has 4 aromatic carbocycles. The van der Waals surface area contributed by atoms with E-state index in [0.29, 0.717) is 17.9 Å². The minimum Gasteiger partial charge on any atom is -0.497 e. The summed E-state index contributed by atoms with van der Waals surface area (Å²) in [5.74, 6) is 0.911. The number of rotatable bonds is 8. The zero-order valence-electron chi connectivity index (χ0n) is 21.8. The van der Waals surface area contributed by atoms with Gasteiger partial charge >= 0.3 is 6.09 Å². The van der Waals surface area contributed by atoms with Gasteiger partial charge in [0.1, 0.15) is 36.6 Å². The van der Waals surface area contributed by atoms with Crippen LogP contribution >= 0.6 is 15.9 Å². The first-order chi connectivity index (χ1) is 19.4. The summed E-state index contributed by atoms with van der Waals surface area (Å²) < 4.78 is 30.0. The molecule has 0 bridgehead atoms. The normalized spacial score (nSPS) is 14.0. The monoisotopic (exact) mass is 603 g/mol. The maximum Gasteiger partial charge on any atom is 0.415 e. The lowest BCUT2D eigenvalue weighted by molar-refractivity contribution is 0.104. The van der Waals surface area contributed by atoms with Gasteiger partial charge in [-0.05, 0) is 72.3 Å². The molecule has 0 aromatic heterocycles. The first kappa shape index (κ1) is 28.6. The molecule has 1 aliphatic heterocycles. The maximum absolute atomic E-state index is 12.5. The zero-order valence-corrected chi connectivity index (χ0v) is 23.3. The number of benzene rings is 4. The molecule has 6 nitrogen and oxygen atoms in total. The van der Waals surface area contributed by atoms with E-state index in [1.54, 1.807) is 12.0 Å². The van der Waals surface area contributed by atoms with Gasteiger partial charge < -0.3 is 14.2 Å². The fourth-order valence-corrected chi connectivity index (χ4v) is 4.39. The summed E-state index contributed by atoms with van der Waals surface area (Å²) >= 11 is 3.51. The molecule has 204 valence electrons. The van der Waals surface area contributed by atoms with Crippen LogP contribution < -0.4 is 14.4 Å². The van der Waals surface area contributed by atoms with Gasteiger partial charge in [0.15, 0.2) is 5.78 Å². The fraction of sp³-hybridized carbons (Fsp3) is 0.125. The molecule has 4 aromatic rings. The van der Waals surface area contributed by atoms with Gasteiger partial charge in [-0.1, -0.05) is 58.9 Å². The second-order valence-corrected chi connectivity index (χ2v) is 9.61. The minimum absolute atomic E-state index is 0.190. The number of anilines is 1. The van der Waals surface area contributed by atoms with E-state index in [-0.39, 0.29) is 30.3 Å². The van der Waals surface area contributed by atoms with Crippen LogP contribution in [-0.2, 0) is 11.3 Å². The van der Waals surface area contributed by atoms with Crippen molar-refractivity contribution in [1.82, 2.24) is 0 Å². The van der Waals surface area contributed by atoms with Crippen LogP contribution in [0.3, 0.4) is 0 Å². The van der Waals surface area contributed by atoms with Crippen molar-refractivity contribution in [2.45, 2.75) is 12.6 Å². The number of carbonyl (C=O) groups is 2. The van der Waals surface area contributed by atoms with Crippen LogP contribution in [0.4, 0.5) is 14.9 Å². The number of hydrogen-bond acceptors (Lipinski definition) is 5. The van der Waals surface area contributed by atoms with Crippen molar-refractivity contribution < 1.29 is 28.2 Å². The average Bonchev–Trinajstić information content (AvgIpc) is 3.37. The molecule has 8 heteroatoms. The summed E-state index contributed by atoms with van der Waals surface area (Å²) in [6.07, 6.45) is 0.824. The summed E-state index contributed by atoms with van der Waals surface area (Å²) in [6.45, 7) is 4.01. The maximum atomic E-state index is 12.5. The van der Waals surface area contributed by atoms with Crippen molar-refractivity contribution in [2.24, 2.45) is 0 Å². The quantitative estimate of drug-likeness (QED) is 0.151. The van der Waals surface area contributed by atoms with Crippen LogP contribution in [0.25, 0.3) is 0 Å². The van der Waals surface area contributed by atoms with Crippen LogP contribution in [0.2, 0.25) is 0 Å². The highest BCUT2D eigenvalue weighted by atomic mass is 79.9. The molecule has 0 N–H and O–H groups in total. The van der Waals surface area contributed by atoms with E-state index < -0.39 is 0 Å². The lowest BCUT2D eigenvalue weighted by Gasteiger charge is -2.24. The second-order valence-electron chi connectivity index (χ2n) is 8.69. The molecule has 1 amide bonds. The number of cyclic esters (lactones) is 1. The standard InChI is InChI=1S/C23H20BrNO4.C9H7FO/c1-27-19-10-8-18(9-11-19)25-21(15-29-23(25)26)20-12-7-17(24)13-22(20)28-14-16-5-3-2-4-6-16;1-2-9(11)7-3-5-8(10)6-4-7/h2-13,21H,14-15H2,1H3;2-6H,1H2. The minimum atomic E-state index is -0.378. The molecule has 1 fully saturated rings. The van der Waals surface area contributed by atoms with Crippen molar-refractivity contribution in [3.05, 3.63) is 137 Å². The Hall–Kier alpha value is -4.43. The van der Waals surface area contributed by atoms with Gasteiger partial charge in [0.05, 0.1) is 7.11 Å². The predicted octanol–water partition coefficient (Wildman–Crippen LogP) is 7.93. The molecule has 0 saturated carbocycles. The molecule has 1 unspecified atom stereocenters. The third-order valence-electron chi connectivity index (χ3n) is 6.11. The SMILES string of the molecule is C=CC(=O)c1ccc(F)cc1.COc1ccc(N2C(=O)OCC2c2ccc(Br)cc2OCc2ccccc2)cc1. The molecule has 1 heterocycles. The van der Waals surface area contributed by atoms with Crippen molar-refractivity contribution in [1.29, 1.82) is 0 Å². The summed E-state index contributed by atoms with van der Waals surface area (Å²) in [7, 11) is 1.61. The highest BCUT2D eigenvalue weighted by Crippen LogP contribution is 2.39. The van der Waals surface area contributed by atoms with E-state index in [1.807, 2.05) is 72.8 Å². The summed E-state index contributed by atoms with van der Waals surface area (Å²) in [4.78, 5) is 25.0. The Morgan fingerprint density at radius 2 is 1.75 bits per heavy atom. The van der Waals surface area contributed by atoms with Crippen molar-refractivity contribution in [3.63, 3.8) is 0 Å². The highest BCUT2D eigenvalue weighted by molar-refractivity contribution is 9.10. The molecule has 1 aliphatic rings. The number of hydrogen-bond donors (Lipinski definition) is 0. The topological polar surface area (TPSA) is 65.1 Å². The van der Waals surface area contributed by atoms with Crippen molar-refractivity contribution >= 4 is 33.5 Å². The number of methoxy groups -OCH3 is 1. The van der Waals surface area contributed by atoms with E-state index >= 15 is 0 Å². The second kappa shape index (κ2) is 13.6.